The predicted octanol–water partition coefficient (Wildman–Crippen LogP) is 1.89. The van der Waals surface area contributed by atoms with Gasteiger partial charge in [-0.1, -0.05) is 35.4 Å². The van der Waals surface area contributed by atoms with Crippen LogP contribution in [0.2, 0.25) is 0 Å². The molecular formula is C10H22N2OS2. The summed E-state index contributed by atoms with van der Waals surface area (Å²) < 4.78 is 0. The Hall–Kier alpha value is 0.130. The molecule has 0 rings (SSSR count). The van der Waals surface area contributed by atoms with Crippen molar-refractivity contribution in [3.63, 3.8) is 0 Å². The first-order chi connectivity index (χ1) is 7.10. The molecule has 5 heteroatoms. The Balaban J connectivity index is 3.52. The highest BCUT2D eigenvalue weighted by Gasteiger charge is 2.10. The summed E-state index contributed by atoms with van der Waals surface area (Å²) in [5.74, 6) is 0.124. The van der Waals surface area contributed by atoms with Gasteiger partial charge in [-0.3, -0.25) is 4.79 Å². The monoisotopic (exact) mass is 250 g/mol. The second-order valence-corrected chi connectivity index (χ2v) is 6.73. The van der Waals surface area contributed by atoms with E-state index in [1.54, 1.807) is 17.8 Å². The van der Waals surface area contributed by atoms with Crippen molar-refractivity contribution >= 4 is 27.5 Å². The average Bonchev–Trinajstić information content (AvgIpc) is 2.23. The maximum absolute atomic E-state index is 11.1. The lowest BCUT2D eigenvalue weighted by molar-refractivity contribution is -0.120. The van der Waals surface area contributed by atoms with Gasteiger partial charge in [0.1, 0.15) is 0 Å². The molecule has 2 N–H and O–H groups in total. The fourth-order valence-electron chi connectivity index (χ4n) is 0.983. The molecule has 0 bridgehead atoms. The molecule has 0 radical (unpaired) electrons. The van der Waals surface area contributed by atoms with Gasteiger partial charge in [-0.05, 0) is 20.0 Å². The Labute approximate surface area is 101 Å². The lowest BCUT2D eigenvalue weighted by atomic mass is 10.3. The van der Waals surface area contributed by atoms with Crippen LogP contribution in [0, 0.1) is 0 Å². The topological polar surface area (TPSA) is 41.1 Å². The van der Waals surface area contributed by atoms with Crippen LogP contribution in [0.5, 0.6) is 0 Å². The molecule has 0 aromatic carbocycles. The van der Waals surface area contributed by atoms with Crippen molar-refractivity contribution in [1.29, 1.82) is 0 Å². The Morgan fingerprint density at radius 1 is 1.20 bits per heavy atom. The first-order valence-electron chi connectivity index (χ1n) is 5.27. The molecule has 0 spiro atoms. The fourth-order valence-corrected chi connectivity index (χ4v) is 3.43. The quantitative estimate of drug-likeness (QED) is 0.646. The maximum atomic E-state index is 11.1. The van der Waals surface area contributed by atoms with Crippen molar-refractivity contribution in [2.24, 2.45) is 0 Å². The third kappa shape index (κ3) is 9.08. The van der Waals surface area contributed by atoms with Crippen molar-refractivity contribution in [2.75, 3.05) is 20.6 Å². The zero-order chi connectivity index (χ0) is 11.7. The van der Waals surface area contributed by atoms with Gasteiger partial charge in [-0.25, -0.2) is 0 Å². The number of carbonyl (C=O) groups is 1. The summed E-state index contributed by atoms with van der Waals surface area (Å²) in [5, 5.41) is 6.80. The smallest absolute Gasteiger partial charge is 0.220 e. The van der Waals surface area contributed by atoms with Gasteiger partial charge in [-0.2, -0.15) is 0 Å². The van der Waals surface area contributed by atoms with Gasteiger partial charge in [-0.15, -0.1) is 0 Å². The normalized spacial score (nSPS) is 14.7. The molecule has 2 atom stereocenters. The second-order valence-electron chi connectivity index (χ2n) is 3.58. The summed E-state index contributed by atoms with van der Waals surface area (Å²) in [6, 6.07) is 0. The number of hydrogen-bond acceptors (Lipinski definition) is 4. The first-order valence-corrected chi connectivity index (χ1v) is 7.55. The minimum absolute atomic E-state index is 0.124. The summed E-state index contributed by atoms with van der Waals surface area (Å²) in [7, 11) is 7.33. The van der Waals surface area contributed by atoms with Crippen LogP contribution in [-0.2, 0) is 4.79 Å². The third-order valence-corrected chi connectivity index (χ3v) is 5.41. The number of nitrogens with one attached hydrogen (secondary N) is 2. The van der Waals surface area contributed by atoms with Crippen LogP contribution in [-0.4, -0.2) is 37.0 Å². The molecule has 0 saturated carbocycles. The fraction of sp³-hybridized carbons (Fsp3) is 0.900. The van der Waals surface area contributed by atoms with Crippen LogP contribution in [0.15, 0.2) is 0 Å². The Kier molecular flexibility index (Phi) is 9.44. The number of amides is 1. The van der Waals surface area contributed by atoms with Crippen LogP contribution < -0.4 is 10.6 Å². The van der Waals surface area contributed by atoms with Gasteiger partial charge in [0, 0.05) is 24.0 Å². The molecule has 15 heavy (non-hydrogen) atoms. The number of hydrogen-bond donors (Lipinski definition) is 2. The summed E-state index contributed by atoms with van der Waals surface area (Å²) in [5.41, 5.74) is 0. The molecule has 0 heterocycles. The first kappa shape index (κ1) is 15.1. The zero-order valence-corrected chi connectivity index (χ0v) is 11.6. The predicted molar refractivity (Wildman–Crippen MR) is 71.3 cm³/mol. The highest BCUT2D eigenvalue weighted by atomic mass is 33.1. The van der Waals surface area contributed by atoms with Gasteiger partial charge in [0.25, 0.3) is 0 Å². The standard InChI is InChI=1S/C10H22N2OS2/c1-8(5-6-11-3)14-15-9(2)7-10(13)12-4/h8-9,11H,5-7H2,1-4H3,(H,12,13). The van der Waals surface area contributed by atoms with Crippen LogP contribution >= 0.6 is 21.6 Å². The SMILES string of the molecule is CNCCC(C)SSC(C)CC(=O)NC. The molecule has 0 saturated heterocycles. The molecule has 0 aliphatic rings. The molecule has 1 amide bonds. The molecule has 0 fully saturated rings. The lowest BCUT2D eigenvalue weighted by Gasteiger charge is -2.13. The highest BCUT2D eigenvalue weighted by molar-refractivity contribution is 8.77. The molecular weight excluding hydrogens is 228 g/mol. The van der Waals surface area contributed by atoms with Gasteiger partial charge in [0.05, 0.1) is 0 Å². The summed E-state index contributed by atoms with van der Waals surface area (Å²) in [6.45, 7) is 5.37. The molecule has 2 unspecified atom stereocenters. The summed E-state index contributed by atoms with van der Waals surface area (Å²) >= 11 is 0. The van der Waals surface area contributed by atoms with E-state index in [1.165, 1.54) is 6.42 Å². The Morgan fingerprint density at radius 3 is 2.33 bits per heavy atom. The van der Waals surface area contributed by atoms with E-state index in [0.717, 1.165) is 6.54 Å². The van der Waals surface area contributed by atoms with E-state index in [9.17, 15) is 4.79 Å². The van der Waals surface area contributed by atoms with Crippen LogP contribution in [0.25, 0.3) is 0 Å². The van der Waals surface area contributed by atoms with E-state index in [0.29, 0.717) is 16.9 Å². The van der Waals surface area contributed by atoms with Crippen molar-refractivity contribution in [1.82, 2.24) is 10.6 Å². The number of carbonyl (C=O) groups excluding carboxylic acids is 1. The van der Waals surface area contributed by atoms with E-state index in [-0.39, 0.29) is 5.91 Å². The second kappa shape index (κ2) is 9.36. The van der Waals surface area contributed by atoms with Crippen molar-refractivity contribution in [3.05, 3.63) is 0 Å². The Bertz CT molecular complexity index is 179. The summed E-state index contributed by atoms with van der Waals surface area (Å²) in [6.07, 6.45) is 1.77. The van der Waals surface area contributed by atoms with Crippen LogP contribution in [0.4, 0.5) is 0 Å². The van der Waals surface area contributed by atoms with Crippen LogP contribution in [0.1, 0.15) is 26.7 Å². The van der Waals surface area contributed by atoms with Crippen molar-refractivity contribution in [2.45, 2.75) is 37.2 Å². The molecule has 3 nitrogen and oxygen atoms in total. The van der Waals surface area contributed by atoms with E-state index >= 15 is 0 Å². The molecule has 0 aliphatic carbocycles. The van der Waals surface area contributed by atoms with E-state index < -0.39 is 0 Å². The molecule has 90 valence electrons. The number of rotatable bonds is 8. The average molecular weight is 250 g/mol. The lowest BCUT2D eigenvalue weighted by Crippen LogP contribution is -2.21. The molecule has 0 aromatic heterocycles. The van der Waals surface area contributed by atoms with Crippen molar-refractivity contribution < 1.29 is 4.79 Å². The van der Waals surface area contributed by atoms with Gasteiger partial charge >= 0.3 is 0 Å². The molecule has 0 aliphatic heterocycles. The van der Waals surface area contributed by atoms with Crippen LogP contribution in [0.3, 0.4) is 0 Å². The zero-order valence-electron chi connectivity index (χ0n) is 10.0. The molecule has 0 aromatic rings. The minimum atomic E-state index is 0.124. The van der Waals surface area contributed by atoms with E-state index in [4.69, 9.17) is 0 Å². The largest absolute Gasteiger partial charge is 0.359 e. The van der Waals surface area contributed by atoms with Gasteiger partial charge in [0.2, 0.25) is 5.91 Å². The van der Waals surface area contributed by atoms with E-state index in [2.05, 4.69) is 24.5 Å². The Morgan fingerprint density at radius 2 is 1.80 bits per heavy atom. The van der Waals surface area contributed by atoms with Gasteiger partial charge < -0.3 is 10.6 Å². The minimum Gasteiger partial charge on any atom is -0.359 e. The highest BCUT2D eigenvalue weighted by Crippen LogP contribution is 2.33. The van der Waals surface area contributed by atoms with Crippen molar-refractivity contribution in [3.8, 4) is 0 Å². The van der Waals surface area contributed by atoms with E-state index in [1.807, 2.05) is 17.8 Å². The summed E-state index contributed by atoms with van der Waals surface area (Å²) in [4.78, 5) is 11.1. The van der Waals surface area contributed by atoms with Gasteiger partial charge in [0.15, 0.2) is 0 Å². The third-order valence-electron chi connectivity index (χ3n) is 1.94. The maximum Gasteiger partial charge on any atom is 0.220 e.